The van der Waals surface area contributed by atoms with Crippen LogP contribution in [0.3, 0.4) is 0 Å². The Balaban J connectivity index is 1.71. The lowest BCUT2D eigenvalue weighted by atomic mass is 10.2. The number of hydrogen-bond donors (Lipinski definition) is 0. The van der Waals surface area contributed by atoms with Gasteiger partial charge in [-0.3, -0.25) is 4.79 Å². The molecular weight excluding hydrogens is 352 g/mol. The van der Waals surface area contributed by atoms with Crippen LogP contribution >= 0.6 is 11.6 Å². The first-order chi connectivity index (χ1) is 11.4. The molecule has 24 heavy (non-hydrogen) atoms. The van der Waals surface area contributed by atoms with Gasteiger partial charge in [0.25, 0.3) is 5.91 Å². The largest absolute Gasteiger partial charge is 0.469 e. The van der Waals surface area contributed by atoms with Crippen LogP contribution < -0.4 is 0 Å². The molecule has 6 nitrogen and oxygen atoms in total. The SMILES string of the molecule is Cc1occc1C(=O)N1CCN(S(=O)(=O)c2cccc(Cl)c2)CC1. The zero-order chi connectivity index (χ0) is 17.3. The van der Waals surface area contributed by atoms with Gasteiger partial charge in [-0.2, -0.15) is 4.31 Å². The van der Waals surface area contributed by atoms with E-state index in [2.05, 4.69) is 0 Å². The van der Waals surface area contributed by atoms with E-state index >= 15 is 0 Å². The summed E-state index contributed by atoms with van der Waals surface area (Å²) < 4.78 is 31.8. The van der Waals surface area contributed by atoms with Crippen molar-refractivity contribution in [3.63, 3.8) is 0 Å². The Labute approximate surface area is 145 Å². The molecule has 0 atom stereocenters. The van der Waals surface area contributed by atoms with Crippen LogP contribution in [0.2, 0.25) is 5.02 Å². The summed E-state index contributed by atoms with van der Waals surface area (Å²) >= 11 is 5.88. The van der Waals surface area contributed by atoms with Crippen LogP contribution in [0.1, 0.15) is 16.1 Å². The topological polar surface area (TPSA) is 70.8 Å². The van der Waals surface area contributed by atoms with Crippen LogP contribution in [-0.4, -0.2) is 49.7 Å². The maximum atomic E-state index is 12.6. The molecule has 2 heterocycles. The maximum absolute atomic E-state index is 12.6. The summed E-state index contributed by atoms with van der Waals surface area (Å²) in [6.07, 6.45) is 1.47. The molecule has 0 N–H and O–H groups in total. The highest BCUT2D eigenvalue weighted by Crippen LogP contribution is 2.21. The Hall–Kier alpha value is -1.83. The second kappa shape index (κ2) is 6.58. The number of carbonyl (C=O) groups is 1. The minimum Gasteiger partial charge on any atom is -0.469 e. The maximum Gasteiger partial charge on any atom is 0.257 e. The summed E-state index contributed by atoms with van der Waals surface area (Å²) in [5, 5.41) is 0.375. The van der Waals surface area contributed by atoms with Crippen LogP contribution in [0.5, 0.6) is 0 Å². The molecule has 0 saturated carbocycles. The number of aryl methyl sites for hydroxylation is 1. The number of amides is 1. The molecule has 1 saturated heterocycles. The van der Waals surface area contributed by atoms with Crippen LogP contribution in [0.25, 0.3) is 0 Å². The first kappa shape index (κ1) is 17.0. The van der Waals surface area contributed by atoms with E-state index in [1.54, 1.807) is 30.0 Å². The second-order valence-electron chi connectivity index (χ2n) is 5.54. The molecule has 1 amide bonds. The fourth-order valence-electron chi connectivity index (χ4n) is 2.69. The summed E-state index contributed by atoms with van der Waals surface area (Å²) in [5.74, 6) is 0.426. The van der Waals surface area contributed by atoms with E-state index in [0.29, 0.717) is 29.4 Å². The normalized spacial score (nSPS) is 16.3. The smallest absolute Gasteiger partial charge is 0.257 e. The zero-order valence-corrected chi connectivity index (χ0v) is 14.7. The molecular formula is C16H17ClN2O4S. The summed E-state index contributed by atoms with van der Waals surface area (Å²) in [4.78, 5) is 14.2. The molecule has 0 radical (unpaired) electrons. The zero-order valence-electron chi connectivity index (χ0n) is 13.1. The van der Waals surface area contributed by atoms with Gasteiger partial charge in [-0.05, 0) is 31.2 Å². The van der Waals surface area contributed by atoms with Gasteiger partial charge in [-0.25, -0.2) is 8.42 Å². The fraction of sp³-hybridized carbons (Fsp3) is 0.312. The van der Waals surface area contributed by atoms with Crippen LogP contribution in [0.15, 0.2) is 45.9 Å². The van der Waals surface area contributed by atoms with Crippen molar-refractivity contribution in [3.05, 3.63) is 52.9 Å². The lowest BCUT2D eigenvalue weighted by Crippen LogP contribution is -2.50. The Morgan fingerprint density at radius 3 is 2.46 bits per heavy atom. The number of sulfonamides is 1. The Morgan fingerprint density at radius 2 is 1.88 bits per heavy atom. The van der Waals surface area contributed by atoms with Gasteiger partial charge in [0, 0.05) is 31.2 Å². The van der Waals surface area contributed by atoms with Gasteiger partial charge in [0.1, 0.15) is 5.76 Å². The Morgan fingerprint density at radius 1 is 1.17 bits per heavy atom. The van der Waals surface area contributed by atoms with E-state index in [1.165, 1.54) is 22.7 Å². The molecule has 0 aliphatic carbocycles. The molecule has 1 aromatic heterocycles. The number of furan rings is 1. The van der Waals surface area contributed by atoms with Crippen molar-refractivity contribution < 1.29 is 17.6 Å². The number of rotatable bonds is 3. The number of benzene rings is 1. The molecule has 1 fully saturated rings. The average Bonchev–Trinajstić information content (AvgIpc) is 3.00. The molecule has 3 rings (SSSR count). The van der Waals surface area contributed by atoms with Crippen molar-refractivity contribution >= 4 is 27.5 Å². The first-order valence-corrected chi connectivity index (χ1v) is 9.30. The minimum absolute atomic E-state index is 0.138. The monoisotopic (exact) mass is 368 g/mol. The lowest BCUT2D eigenvalue weighted by Gasteiger charge is -2.34. The highest BCUT2D eigenvalue weighted by Gasteiger charge is 2.31. The molecule has 0 bridgehead atoms. The number of carbonyl (C=O) groups excluding carboxylic acids is 1. The van der Waals surface area contributed by atoms with Crippen molar-refractivity contribution in [1.82, 2.24) is 9.21 Å². The molecule has 1 aliphatic rings. The quantitative estimate of drug-likeness (QED) is 0.834. The molecule has 0 unspecified atom stereocenters. The van der Waals surface area contributed by atoms with Gasteiger partial charge >= 0.3 is 0 Å². The van der Waals surface area contributed by atoms with E-state index in [-0.39, 0.29) is 23.9 Å². The van der Waals surface area contributed by atoms with Crippen molar-refractivity contribution in [2.24, 2.45) is 0 Å². The minimum atomic E-state index is -3.60. The van der Waals surface area contributed by atoms with E-state index in [9.17, 15) is 13.2 Å². The number of piperazine rings is 1. The van der Waals surface area contributed by atoms with Crippen molar-refractivity contribution in [2.45, 2.75) is 11.8 Å². The predicted octanol–water partition coefficient (Wildman–Crippen LogP) is 2.39. The van der Waals surface area contributed by atoms with Crippen LogP contribution in [0.4, 0.5) is 0 Å². The summed E-state index contributed by atoms with van der Waals surface area (Å²) in [5.41, 5.74) is 0.515. The standard InChI is InChI=1S/C16H17ClN2O4S/c1-12-15(5-10-23-12)16(20)18-6-8-19(9-7-18)24(21,22)14-4-2-3-13(17)11-14/h2-5,10-11H,6-9H2,1H3. The van der Waals surface area contributed by atoms with Crippen LogP contribution in [-0.2, 0) is 10.0 Å². The first-order valence-electron chi connectivity index (χ1n) is 7.48. The molecule has 1 aromatic carbocycles. The molecule has 8 heteroatoms. The summed E-state index contributed by atoms with van der Waals surface area (Å²) in [6.45, 7) is 2.90. The highest BCUT2D eigenvalue weighted by molar-refractivity contribution is 7.89. The average molecular weight is 369 g/mol. The van der Waals surface area contributed by atoms with E-state index < -0.39 is 10.0 Å². The Kier molecular flexibility index (Phi) is 4.67. The number of halogens is 1. The summed E-state index contributed by atoms with van der Waals surface area (Å²) in [6, 6.07) is 7.82. The molecule has 2 aromatic rings. The molecule has 1 aliphatic heterocycles. The second-order valence-corrected chi connectivity index (χ2v) is 7.92. The highest BCUT2D eigenvalue weighted by atomic mass is 35.5. The van der Waals surface area contributed by atoms with E-state index in [4.69, 9.17) is 16.0 Å². The van der Waals surface area contributed by atoms with Crippen molar-refractivity contribution in [3.8, 4) is 0 Å². The number of hydrogen-bond acceptors (Lipinski definition) is 4. The van der Waals surface area contributed by atoms with Crippen molar-refractivity contribution in [1.29, 1.82) is 0 Å². The van der Waals surface area contributed by atoms with E-state index in [0.717, 1.165) is 0 Å². The fourth-order valence-corrected chi connectivity index (χ4v) is 4.41. The van der Waals surface area contributed by atoms with Gasteiger partial charge in [0.15, 0.2) is 0 Å². The third-order valence-electron chi connectivity index (χ3n) is 4.05. The van der Waals surface area contributed by atoms with Gasteiger partial charge in [0.2, 0.25) is 10.0 Å². The van der Waals surface area contributed by atoms with Gasteiger partial charge in [-0.15, -0.1) is 0 Å². The Bertz CT molecular complexity index is 854. The summed E-state index contributed by atoms with van der Waals surface area (Å²) in [7, 11) is -3.60. The van der Waals surface area contributed by atoms with Gasteiger partial charge in [-0.1, -0.05) is 17.7 Å². The number of nitrogens with zero attached hydrogens (tertiary/aromatic N) is 2. The van der Waals surface area contributed by atoms with E-state index in [1.807, 2.05) is 0 Å². The van der Waals surface area contributed by atoms with Crippen molar-refractivity contribution in [2.75, 3.05) is 26.2 Å². The van der Waals surface area contributed by atoms with Gasteiger partial charge in [0.05, 0.1) is 16.7 Å². The third kappa shape index (κ3) is 3.19. The molecule has 0 spiro atoms. The predicted molar refractivity (Wildman–Crippen MR) is 89.6 cm³/mol. The van der Waals surface area contributed by atoms with Gasteiger partial charge < -0.3 is 9.32 Å². The molecule has 128 valence electrons. The third-order valence-corrected chi connectivity index (χ3v) is 6.18. The van der Waals surface area contributed by atoms with Crippen LogP contribution in [0, 0.1) is 6.92 Å². The lowest BCUT2D eigenvalue weighted by molar-refractivity contribution is 0.0696.